The molecule has 1 amide bonds. The highest BCUT2D eigenvalue weighted by Gasteiger charge is 1.91. The van der Waals surface area contributed by atoms with Crippen molar-refractivity contribution < 1.29 is 14.6 Å². The van der Waals surface area contributed by atoms with Crippen LogP contribution in [0.1, 0.15) is 12.8 Å². The van der Waals surface area contributed by atoms with Crippen molar-refractivity contribution in [1.29, 1.82) is 0 Å². The van der Waals surface area contributed by atoms with Crippen molar-refractivity contribution in [3.8, 4) is 0 Å². The van der Waals surface area contributed by atoms with Crippen LogP contribution in [0.2, 0.25) is 0 Å². The van der Waals surface area contributed by atoms with Gasteiger partial charge in [0.2, 0.25) is 0 Å². The Labute approximate surface area is 53.6 Å². The number of ether oxygens (including phenoxy) is 1. The Morgan fingerprint density at radius 1 is 1.44 bits per heavy atom. The molecule has 0 aromatic carbocycles. The molecule has 0 bridgehead atoms. The lowest BCUT2D eigenvalue weighted by molar-refractivity contribution is 0.142. The van der Waals surface area contributed by atoms with Crippen molar-refractivity contribution in [2.75, 3.05) is 13.2 Å². The lowest BCUT2D eigenvalue weighted by Crippen LogP contribution is -2.13. The molecule has 0 rings (SSSR count). The predicted molar refractivity (Wildman–Crippen MR) is 30.3 cm³/mol. The van der Waals surface area contributed by atoms with Gasteiger partial charge in [0.15, 0.2) is 0 Å². The van der Waals surface area contributed by atoms with Gasteiger partial charge in [-0.2, -0.15) is 0 Å². The molecule has 0 spiro atoms. The average Bonchev–Trinajstić information content (AvgIpc) is 1.80. The number of hydrogen-bond donors (Lipinski definition) is 1. The maximum atomic E-state index is 9.88. The molecule has 53 valence electrons. The number of hydrogen-bond acceptors (Lipinski definition) is 2. The van der Waals surface area contributed by atoms with Crippen LogP contribution in [0.3, 0.4) is 0 Å². The molecule has 2 N–H and O–H groups in total. The highest BCUT2D eigenvalue weighted by atomic mass is 16.5. The van der Waals surface area contributed by atoms with Gasteiger partial charge in [-0.15, -0.1) is 0 Å². The smallest absolute Gasteiger partial charge is 0.404 e. The highest BCUT2D eigenvalue weighted by molar-refractivity contribution is 5.64. The van der Waals surface area contributed by atoms with Gasteiger partial charge in [-0.25, -0.2) is 9.90 Å². The number of rotatable bonds is 4. The Morgan fingerprint density at radius 3 is 2.56 bits per heavy atom. The summed E-state index contributed by atoms with van der Waals surface area (Å²) in [5.74, 6) is 0. The molecule has 0 aromatic heterocycles. The van der Waals surface area contributed by atoms with E-state index in [0.29, 0.717) is 12.8 Å². The van der Waals surface area contributed by atoms with E-state index < -0.39 is 6.09 Å². The average molecular weight is 132 g/mol. The minimum Gasteiger partial charge on any atom is -0.450 e. The monoisotopic (exact) mass is 132 g/mol. The third-order valence-corrected chi connectivity index (χ3v) is 0.783. The van der Waals surface area contributed by atoms with Crippen molar-refractivity contribution in [3.05, 3.63) is 0 Å². The van der Waals surface area contributed by atoms with Crippen molar-refractivity contribution in [1.82, 2.24) is 0 Å². The zero-order chi connectivity index (χ0) is 7.11. The van der Waals surface area contributed by atoms with E-state index in [1.807, 2.05) is 0 Å². The fraction of sp³-hybridized carbons (Fsp3) is 0.800. The van der Waals surface area contributed by atoms with E-state index >= 15 is 0 Å². The van der Waals surface area contributed by atoms with Gasteiger partial charge in [-0.3, -0.25) is 0 Å². The van der Waals surface area contributed by atoms with Gasteiger partial charge in [-0.1, -0.05) is 0 Å². The number of carbonyl (C=O) groups is 1. The maximum absolute atomic E-state index is 9.88. The Morgan fingerprint density at radius 2 is 2.11 bits per heavy atom. The van der Waals surface area contributed by atoms with Crippen LogP contribution in [0.4, 0.5) is 4.79 Å². The lowest BCUT2D eigenvalue weighted by Gasteiger charge is -1.97. The molecule has 0 atom stereocenters. The third kappa shape index (κ3) is 7.23. The van der Waals surface area contributed by atoms with E-state index in [-0.39, 0.29) is 13.2 Å². The van der Waals surface area contributed by atoms with Gasteiger partial charge in [0.1, 0.15) is 0 Å². The molecule has 0 aromatic rings. The molecule has 0 unspecified atom stereocenters. The summed E-state index contributed by atoms with van der Waals surface area (Å²) in [6, 6.07) is 0. The summed E-state index contributed by atoms with van der Waals surface area (Å²) >= 11 is 0. The van der Waals surface area contributed by atoms with Crippen molar-refractivity contribution in [2.24, 2.45) is 5.73 Å². The number of nitrogens with two attached hydrogens (primary N) is 1. The second-order valence-corrected chi connectivity index (χ2v) is 1.58. The zero-order valence-electron chi connectivity index (χ0n) is 5.13. The highest BCUT2D eigenvalue weighted by Crippen LogP contribution is 1.87. The molecular weight excluding hydrogens is 122 g/mol. The molecule has 1 radical (unpaired) electrons. The fourth-order valence-corrected chi connectivity index (χ4v) is 0.377. The topological polar surface area (TPSA) is 72.2 Å². The number of unbranched alkanes of at least 4 members (excludes halogenated alkanes) is 1. The Bertz CT molecular complexity index is 84.3. The molecule has 0 saturated carbocycles. The molecular formula is C5H10NO3. The molecule has 0 heterocycles. The first-order chi connectivity index (χ1) is 4.27. The summed E-state index contributed by atoms with van der Waals surface area (Å²) in [6.45, 7) is 0.139. The van der Waals surface area contributed by atoms with E-state index in [0.717, 1.165) is 0 Å². The summed E-state index contributed by atoms with van der Waals surface area (Å²) in [5, 5.41) is 9.80. The number of carbonyl (C=O) groups excluding carboxylic acids is 1. The van der Waals surface area contributed by atoms with Crippen LogP contribution in [0.25, 0.3) is 0 Å². The van der Waals surface area contributed by atoms with Crippen molar-refractivity contribution >= 4 is 6.09 Å². The largest absolute Gasteiger partial charge is 0.450 e. The first kappa shape index (κ1) is 8.23. The van der Waals surface area contributed by atoms with E-state index in [1.54, 1.807) is 0 Å². The van der Waals surface area contributed by atoms with Gasteiger partial charge in [-0.05, 0) is 12.8 Å². The lowest BCUT2D eigenvalue weighted by atomic mass is 10.3. The molecule has 0 saturated heterocycles. The zero-order valence-corrected chi connectivity index (χ0v) is 5.13. The molecule has 0 aliphatic rings. The Kier molecular flexibility index (Phi) is 4.91. The molecule has 4 nitrogen and oxygen atoms in total. The van der Waals surface area contributed by atoms with Crippen LogP contribution in [-0.4, -0.2) is 19.3 Å². The molecule has 4 heteroatoms. The van der Waals surface area contributed by atoms with Gasteiger partial charge in [0.05, 0.1) is 13.2 Å². The van der Waals surface area contributed by atoms with Gasteiger partial charge >= 0.3 is 6.09 Å². The van der Waals surface area contributed by atoms with Crippen LogP contribution >= 0.6 is 0 Å². The van der Waals surface area contributed by atoms with E-state index in [2.05, 4.69) is 10.5 Å². The van der Waals surface area contributed by atoms with Crippen LogP contribution < -0.4 is 5.73 Å². The SMILES string of the molecule is NC(=O)OCCCC[O]. The maximum Gasteiger partial charge on any atom is 0.404 e. The summed E-state index contributed by atoms with van der Waals surface area (Å²) in [4.78, 5) is 9.88. The standard InChI is InChI=1S/C5H10NO3/c6-5(8)9-4-2-1-3-7/h1-4H2,(H2,6,8). The third-order valence-electron chi connectivity index (χ3n) is 0.783. The minimum atomic E-state index is -0.777. The minimum absolute atomic E-state index is 0.123. The number of amides is 1. The van der Waals surface area contributed by atoms with Crippen molar-refractivity contribution in [3.63, 3.8) is 0 Å². The van der Waals surface area contributed by atoms with Crippen LogP contribution in [0, 0.1) is 0 Å². The predicted octanol–water partition coefficient (Wildman–Crippen LogP) is 0.292. The van der Waals surface area contributed by atoms with Gasteiger partial charge < -0.3 is 10.5 Å². The summed E-state index contributed by atoms with van der Waals surface area (Å²) < 4.78 is 4.34. The van der Waals surface area contributed by atoms with Gasteiger partial charge in [0, 0.05) is 0 Å². The van der Waals surface area contributed by atoms with Gasteiger partial charge in [0.25, 0.3) is 0 Å². The quantitative estimate of drug-likeness (QED) is 0.558. The first-order valence-electron chi connectivity index (χ1n) is 2.77. The molecule has 0 aliphatic carbocycles. The molecule has 0 aliphatic heterocycles. The molecule has 0 fully saturated rings. The van der Waals surface area contributed by atoms with Crippen LogP contribution in [0.5, 0.6) is 0 Å². The summed E-state index contributed by atoms with van der Waals surface area (Å²) in [5.41, 5.74) is 4.64. The fourth-order valence-electron chi connectivity index (χ4n) is 0.377. The van der Waals surface area contributed by atoms with E-state index in [1.165, 1.54) is 0 Å². The first-order valence-corrected chi connectivity index (χ1v) is 2.77. The van der Waals surface area contributed by atoms with Crippen LogP contribution in [0.15, 0.2) is 0 Å². The second-order valence-electron chi connectivity index (χ2n) is 1.58. The van der Waals surface area contributed by atoms with Crippen molar-refractivity contribution in [2.45, 2.75) is 12.8 Å². The Hall–Kier alpha value is -0.770. The van der Waals surface area contributed by atoms with E-state index in [9.17, 15) is 9.90 Å². The Balaban J connectivity index is 2.83. The second kappa shape index (κ2) is 5.37. The summed E-state index contributed by atoms with van der Waals surface area (Å²) in [7, 11) is 0. The summed E-state index contributed by atoms with van der Waals surface area (Å²) in [6.07, 6.45) is 0.362. The number of primary amides is 1. The van der Waals surface area contributed by atoms with E-state index in [4.69, 9.17) is 0 Å². The van der Waals surface area contributed by atoms with Crippen LogP contribution in [-0.2, 0) is 9.84 Å². The molecule has 9 heavy (non-hydrogen) atoms. The normalized spacial score (nSPS) is 9.00.